The predicted molar refractivity (Wildman–Crippen MR) is 123 cm³/mol. The maximum Gasteiger partial charge on any atom is 0.355 e. The number of nitrogens with two attached hydrogens (primary N) is 1. The summed E-state index contributed by atoms with van der Waals surface area (Å²) in [6.45, 7) is 3.73. The monoisotopic (exact) mass is 495 g/mol. The van der Waals surface area contributed by atoms with E-state index in [2.05, 4.69) is 22.0 Å². The van der Waals surface area contributed by atoms with Crippen LogP contribution in [0.15, 0.2) is 69.6 Å². The number of methoxy groups -OCH3 is 2. The van der Waals surface area contributed by atoms with Crippen molar-refractivity contribution in [2.75, 3.05) is 19.1 Å². The first-order valence-corrected chi connectivity index (χ1v) is 10.5. The van der Waals surface area contributed by atoms with Crippen LogP contribution >= 0.6 is 15.9 Å². The van der Waals surface area contributed by atoms with E-state index >= 15 is 0 Å². The third kappa shape index (κ3) is 3.87. The molecule has 0 amide bonds. The minimum Gasteiger partial charge on any atom is -0.466 e. The average molecular weight is 496 g/mol. The van der Waals surface area contributed by atoms with Crippen molar-refractivity contribution in [3.05, 3.63) is 86.3 Å². The van der Waals surface area contributed by atoms with Gasteiger partial charge in [0.1, 0.15) is 11.5 Å². The van der Waals surface area contributed by atoms with Gasteiger partial charge in [0.05, 0.1) is 43.0 Å². The Morgan fingerprint density at radius 2 is 1.69 bits per heavy atom. The summed E-state index contributed by atoms with van der Waals surface area (Å²) in [7, 11) is 2.44. The predicted octanol–water partition coefficient (Wildman–Crippen LogP) is 3.96. The second kappa shape index (κ2) is 9.28. The number of nitriles is 1. The van der Waals surface area contributed by atoms with Gasteiger partial charge in [-0.2, -0.15) is 5.26 Å². The van der Waals surface area contributed by atoms with E-state index in [0.717, 1.165) is 15.6 Å². The van der Waals surface area contributed by atoms with Crippen LogP contribution in [-0.4, -0.2) is 26.2 Å². The number of allylic oxidation sites excluding steroid dienone is 1. The maximum absolute atomic E-state index is 13.1. The van der Waals surface area contributed by atoms with Crippen LogP contribution in [0, 0.1) is 25.2 Å². The topological polar surface area (TPSA) is 106 Å². The molecule has 0 bridgehead atoms. The Morgan fingerprint density at radius 3 is 2.25 bits per heavy atom. The van der Waals surface area contributed by atoms with Gasteiger partial charge in [0, 0.05) is 4.47 Å². The van der Waals surface area contributed by atoms with Crippen LogP contribution in [-0.2, 0) is 19.1 Å². The van der Waals surface area contributed by atoms with Crippen molar-refractivity contribution in [3.63, 3.8) is 0 Å². The normalized spacial score (nSPS) is 16.0. The van der Waals surface area contributed by atoms with E-state index in [4.69, 9.17) is 15.2 Å². The third-order valence-corrected chi connectivity index (χ3v) is 6.18. The summed E-state index contributed by atoms with van der Waals surface area (Å²) in [5.74, 6) is -2.38. The van der Waals surface area contributed by atoms with Crippen LogP contribution in [0.4, 0.5) is 5.69 Å². The van der Waals surface area contributed by atoms with Gasteiger partial charge in [-0.05, 0) is 42.7 Å². The Balaban J connectivity index is 2.46. The molecular weight excluding hydrogens is 474 g/mol. The molecular formula is C24H22BrN3O4. The number of carbonyl (C=O) groups is 2. The Morgan fingerprint density at radius 1 is 1.06 bits per heavy atom. The summed E-state index contributed by atoms with van der Waals surface area (Å²) in [6, 6.07) is 14.7. The lowest BCUT2D eigenvalue weighted by atomic mass is 9.80. The summed E-state index contributed by atoms with van der Waals surface area (Å²) in [6.07, 6.45) is 0. The van der Waals surface area contributed by atoms with E-state index in [1.165, 1.54) is 19.1 Å². The van der Waals surface area contributed by atoms with Crippen LogP contribution in [0.5, 0.6) is 0 Å². The van der Waals surface area contributed by atoms with Crippen LogP contribution in [0.1, 0.15) is 22.6 Å². The molecule has 3 rings (SSSR count). The maximum atomic E-state index is 13.1. The van der Waals surface area contributed by atoms with Crippen LogP contribution in [0.25, 0.3) is 0 Å². The molecule has 2 aromatic rings. The molecule has 0 aliphatic carbocycles. The van der Waals surface area contributed by atoms with Gasteiger partial charge < -0.3 is 15.2 Å². The van der Waals surface area contributed by atoms with Gasteiger partial charge in [-0.3, -0.25) is 4.90 Å². The zero-order chi connectivity index (χ0) is 23.6. The largest absolute Gasteiger partial charge is 0.466 e. The molecule has 8 heteroatoms. The molecule has 7 nitrogen and oxygen atoms in total. The minimum absolute atomic E-state index is 0.0173. The molecule has 0 saturated heterocycles. The lowest BCUT2D eigenvalue weighted by Crippen LogP contribution is -2.41. The quantitative estimate of drug-likeness (QED) is 0.639. The molecule has 0 saturated carbocycles. The second-order valence-corrected chi connectivity index (χ2v) is 8.08. The van der Waals surface area contributed by atoms with Crippen molar-refractivity contribution in [2.45, 2.75) is 19.8 Å². The summed E-state index contributed by atoms with van der Waals surface area (Å²) >= 11 is 3.50. The lowest BCUT2D eigenvalue weighted by Gasteiger charge is -2.36. The highest BCUT2D eigenvalue weighted by molar-refractivity contribution is 9.10. The van der Waals surface area contributed by atoms with Crippen molar-refractivity contribution in [3.8, 4) is 6.07 Å². The highest BCUT2D eigenvalue weighted by Gasteiger charge is 2.43. The molecule has 1 aliphatic rings. The number of hydrogen-bond acceptors (Lipinski definition) is 7. The van der Waals surface area contributed by atoms with Gasteiger partial charge >= 0.3 is 11.9 Å². The first-order chi connectivity index (χ1) is 15.3. The Labute approximate surface area is 194 Å². The minimum atomic E-state index is -0.893. The van der Waals surface area contributed by atoms with Gasteiger partial charge in [-0.1, -0.05) is 46.3 Å². The van der Waals surface area contributed by atoms with Crippen molar-refractivity contribution < 1.29 is 19.1 Å². The van der Waals surface area contributed by atoms with E-state index in [-0.39, 0.29) is 22.7 Å². The van der Waals surface area contributed by atoms with Gasteiger partial charge in [0.25, 0.3) is 0 Å². The summed E-state index contributed by atoms with van der Waals surface area (Å²) in [5, 5.41) is 10.1. The number of benzene rings is 2. The Bertz CT molecular complexity index is 1200. The lowest BCUT2D eigenvalue weighted by molar-refractivity contribution is -0.139. The van der Waals surface area contributed by atoms with Gasteiger partial charge in [0.15, 0.2) is 0 Å². The van der Waals surface area contributed by atoms with Crippen LogP contribution in [0.3, 0.4) is 0 Å². The molecule has 32 heavy (non-hydrogen) atoms. The molecule has 1 aliphatic heterocycles. The summed E-state index contributed by atoms with van der Waals surface area (Å²) < 4.78 is 11.0. The summed E-state index contributed by atoms with van der Waals surface area (Å²) in [4.78, 5) is 27.5. The molecule has 0 fully saturated rings. The standard InChI is InChI=1S/C24H22BrN3O4/c1-13-11-18(14(2)10-17(13)25)28-21(24(30)32-4)20(23(29)31-3)19(16(12-26)22(28)27)15-8-6-5-7-9-15/h5-11,19H,27H2,1-4H3. The number of esters is 2. The third-order valence-electron chi connectivity index (χ3n) is 5.33. The fourth-order valence-electron chi connectivity index (χ4n) is 3.77. The number of anilines is 1. The molecule has 1 atom stereocenters. The highest BCUT2D eigenvalue weighted by Crippen LogP contribution is 2.44. The van der Waals surface area contributed by atoms with Gasteiger partial charge in [-0.15, -0.1) is 0 Å². The van der Waals surface area contributed by atoms with Crippen molar-refractivity contribution in [2.24, 2.45) is 5.73 Å². The van der Waals surface area contributed by atoms with Crippen molar-refractivity contribution in [1.29, 1.82) is 5.26 Å². The number of carbonyl (C=O) groups excluding carboxylic acids is 2. The highest BCUT2D eigenvalue weighted by atomic mass is 79.9. The molecule has 1 unspecified atom stereocenters. The molecule has 0 radical (unpaired) electrons. The van der Waals surface area contributed by atoms with E-state index in [1.807, 2.05) is 32.0 Å². The fourth-order valence-corrected chi connectivity index (χ4v) is 4.23. The Kier molecular flexibility index (Phi) is 6.70. The number of nitrogens with zero attached hydrogens (tertiary/aromatic N) is 2. The zero-order valence-corrected chi connectivity index (χ0v) is 19.7. The SMILES string of the molecule is COC(=O)C1=C(C(=O)OC)N(c2cc(C)c(Br)cc2C)C(N)=C(C#N)C1c1ccccc1. The van der Waals surface area contributed by atoms with Crippen molar-refractivity contribution >= 4 is 33.6 Å². The average Bonchev–Trinajstić information content (AvgIpc) is 2.80. The first-order valence-electron chi connectivity index (χ1n) is 9.69. The zero-order valence-electron chi connectivity index (χ0n) is 18.1. The van der Waals surface area contributed by atoms with E-state index in [1.54, 1.807) is 24.3 Å². The molecule has 164 valence electrons. The fraction of sp³-hybridized carbons (Fsp3) is 0.208. The van der Waals surface area contributed by atoms with Crippen LogP contribution in [0.2, 0.25) is 0 Å². The molecule has 0 aromatic heterocycles. The smallest absolute Gasteiger partial charge is 0.355 e. The summed E-state index contributed by atoms with van der Waals surface area (Å²) in [5.41, 5.74) is 9.36. The molecule has 0 spiro atoms. The number of ether oxygens (including phenoxy) is 2. The van der Waals surface area contributed by atoms with Crippen molar-refractivity contribution in [1.82, 2.24) is 0 Å². The first kappa shape index (κ1) is 23.1. The van der Waals surface area contributed by atoms with Gasteiger partial charge in [-0.25, -0.2) is 9.59 Å². The van der Waals surface area contributed by atoms with Crippen LogP contribution < -0.4 is 10.6 Å². The van der Waals surface area contributed by atoms with E-state index < -0.39 is 17.9 Å². The Hall–Kier alpha value is -3.57. The van der Waals surface area contributed by atoms with E-state index in [9.17, 15) is 14.9 Å². The van der Waals surface area contributed by atoms with Gasteiger partial charge in [0.2, 0.25) is 0 Å². The number of aryl methyl sites for hydroxylation is 2. The molecule has 2 N–H and O–H groups in total. The number of rotatable bonds is 4. The second-order valence-electron chi connectivity index (χ2n) is 7.22. The number of halogens is 1. The molecule has 1 heterocycles. The number of hydrogen-bond donors (Lipinski definition) is 1. The van der Waals surface area contributed by atoms with E-state index in [0.29, 0.717) is 11.3 Å². The molecule has 2 aromatic carbocycles.